The lowest BCUT2D eigenvalue weighted by Crippen LogP contribution is -2.36. The molecule has 1 aromatic carbocycles. The molecule has 1 aromatic rings. The highest BCUT2D eigenvalue weighted by atomic mass is 35.5. The smallest absolute Gasteiger partial charge is 0.220 e. The van der Waals surface area contributed by atoms with E-state index in [4.69, 9.17) is 5.73 Å². The van der Waals surface area contributed by atoms with E-state index in [2.05, 4.69) is 34.5 Å². The second-order valence-corrected chi connectivity index (χ2v) is 5.79. The summed E-state index contributed by atoms with van der Waals surface area (Å²) in [5.74, 6) is 0.197. The molecule has 2 rings (SSSR count). The van der Waals surface area contributed by atoms with Gasteiger partial charge in [-0.05, 0) is 37.9 Å². The number of nitrogens with one attached hydrogen (secondary N) is 1. The Bertz CT molecular complexity index is 431. The van der Waals surface area contributed by atoms with Crippen molar-refractivity contribution in [3.63, 3.8) is 0 Å². The van der Waals surface area contributed by atoms with Crippen LogP contribution in [0.4, 0.5) is 5.69 Å². The van der Waals surface area contributed by atoms with Crippen LogP contribution in [-0.2, 0) is 4.79 Å². The van der Waals surface area contributed by atoms with Crippen molar-refractivity contribution >= 4 is 36.4 Å². The summed E-state index contributed by atoms with van der Waals surface area (Å²) in [6.45, 7) is 2.69. The maximum Gasteiger partial charge on any atom is 0.220 e. The van der Waals surface area contributed by atoms with Gasteiger partial charge in [0.05, 0.1) is 0 Å². The number of nitrogens with two attached hydrogens (primary N) is 1. The van der Waals surface area contributed by atoms with Crippen LogP contribution in [0.2, 0.25) is 0 Å². The van der Waals surface area contributed by atoms with Gasteiger partial charge in [0.2, 0.25) is 5.91 Å². The molecule has 23 heavy (non-hydrogen) atoms. The summed E-state index contributed by atoms with van der Waals surface area (Å²) in [7, 11) is 0. The van der Waals surface area contributed by atoms with Crippen molar-refractivity contribution in [2.24, 2.45) is 5.73 Å². The minimum Gasteiger partial charge on any atom is -0.369 e. The highest BCUT2D eigenvalue weighted by molar-refractivity contribution is 5.85. The molecule has 0 saturated carbocycles. The van der Waals surface area contributed by atoms with E-state index in [-0.39, 0.29) is 30.7 Å². The van der Waals surface area contributed by atoms with E-state index in [9.17, 15) is 4.79 Å². The van der Waals surface area contributed by atoms with Gasteiger partial charge in [-0.25, -0.2) is 0 Å². The minimum absolute atomic E-state index is 0. The van der Waals surface area contributed by atoms with E-state index in [0.717, 1.165) is 51.7 Å². The van der Waals surface area contributed by atoms with E-state index >= 15 is 0 Å². The third-order valence-corrected chi connectivity index (χ3v) is 4.03. The highest BCUT2D eigenvalue weighted by Crippen LogP contribution is 2.19. The van der Waals surface area contributed by atoms with Gasteiger partial charge in [-0.3, -0.25) is 4.79 Å². The first-order valence-corrected chi connectivity index (χ1v) is 8.09. The van der Waals surface area contributed by atoms with Gasteiger partial charge in [-0.1, -0.05) is 31.0 Å². The number of halogens is 2. The standard InChI is InChI=1S/C17H27N3O.2ClH/c18-12-7-2-1-6-10-17(21)19-15-11-13-20(14-15)16-8-4-3-5-9-16;;/h3-5,8-9,15H,1-2,6-7,10-14,18H2,(H,19,21);2*1H. The molecule has 1 heterocycles. The number of carbonyl (C=O) groups is 1. The third-order valence-electron chi connectivity index (χ3n) is 4.03. The Hall–Kier alpha value is -0.970. The molecule has 0 radical (unpaired) electrons. The number of benzene rings is 1. The summed E-state index contributed by atoms with van der Waals surface area (Å²) in [5.41, 5.74) is 6.70. The van der Waals surface area contributed by atoms with Crippen LogP contribution in [0.15, 0.2) is 30.3 Å². The summed E-state index contributed by atoms with van der Waals surface area (Å²) in [4.78, 5) is 14.3. The number of nitrogens with zero attached hydrogens (tertiary/aromatic N) is 1. The first-order chi connectivity index (χ1) is 10.3. The van der Waals surface area contributed by atoms with Gasteiger partial charge in [-0.15, -0.1) is 24.8 Å². The maximum absolute atomic E-state index is 11.9. The fourth-order valence-corrected chi connectivity index (χ4v) is 2.83. The Morgan fingerprint density at radius 3 is 2.52 bits per heavy atom. The van der Waals surface area contributed by atoms with Crippen LogP contribution < -0.4 is 16.0 Å². The molecule has 4 nitrogen and oxygen atoms in total. The Labute approximate surface area is 152 Å². The van der Waals surface area contributed by atoms with Crippen LogP contribution in [-0.4, -0.2) is 31.6 Å². The summed E-state index contributed by atoms with van der Waals surface area (Å²) < 4.78 is 0. The average Bonchev–Trinajstić information content (AvgIpc) is 2.96. The Kier molecular flexibility index (Phi) is 11.9. The monoisotopic (exact) mass is 361 g/mol. The van der Waals surface area contributed by atoms with Crippen LogP contribution in [0.3, 0.4) is 0 Å². The van der Waals surface area contributed by atoms with Gasteiger partial charge in [0.25, 0.3) is 0 Å². The molecule has 1 fully saturated rings. The van der Waals surface area contributed by atoms with Gasteiger partial charge in [0, 0.05) is 31.2 Å². The van der Waals surface area contributed by atoms with Gasteiger partial charge in [0.15, 0.2) is 0 Å². The zero-order valence-corrected chi connectivity index (χ0v) is 15.2. The average molecular weight is 362 g/mol. The summed E-state index contributed by atoms with van der Waals surface area (Å²) in [6.07, 6.45) is 5.96. The SMILES string of the molecule is Cl.Cl.NCCCCCCC(=O)NC1CCN(c2ccccc2)C1. The van der Waals surface area contributed by atoms with Crippen LogP contribution in [0.5, 0.6) is 0 Å². The molecule has 0 bridgehead atoms. The number of carbonyl (C=O) groups excluding carboxylic acids is 1. The predicted octanol–water partition coefficient (Wildman–Crippen LogP) is 3.13. The molecule has 1 amide bonds. The van der Waals surface area contributed by atoms with E-state index in [0.29, 0.717) is 12.5 Å². The summed E-state index contributed by atoms with van der Waals surface area (Å²) in [5, 5.41) is 3.16. The molecule has 6 heteroatoms. The molecule has 1 saturated heterocycles. The van der Waals surface area contributed by atoms with E-state index in [1.807, 2.05) is 6.07 Å². The quantitative estimate of drug-likeness (QED) is 0.699. The Balaban J connectivity index is 0.00000242. The van der Waals surface area contributed by atoms with Crippen LogP contribution >= 0.6 is 24.8 Å². The number of hydrogen-bond donors (Lipinski definition) is 2. The van der Waals surface area contributed by atoms with E-state index in [1.54, 1.807) is 0 Å². The first-order valence-electron chi connectivity index (χ1n) is 8.09. The van der Waals surface area contributed by atoms with Crippen molar-refractivity contribution in [3.8, 4) is 0 Å². The number of hydrogen-bond acceptors (Lipinski definition) is 3. The lowest BCUT2D eigenvalue weighted by Gasteiger charge is -2.19. The minimum atomic E-state index is 0. The molecule has 132 valence electrons. The maximum atomic E-state index is 11.9. The second-order valence-electron chi connectivity index (χ2n) is 5.79. The van der Waals surface area contributed by atoms with Crippen LogP contribution in [0, 0.1) is 0 Å². The molecular formula is C17H29Cl2N3O. The number of anilines is 1. The molecule has 0 aliphatic carbocycles. The van der Waals surface area contributed by atoms with E-state index in [1.165, 1.54) is 5.69 Å². The molecule has 3 N–H and O–H groups in total. The van der Waals surface area contributed by atoms with Crippen molar-refractivity contribution < 1.29 is 4.79 Å². The Morgan fingerprint density at radius 2 is 1.83 bits per heavy atom. The molecule has 1 unspecified atom stereocenters. The number of rotatable bonds is 8. The lowest BCUT2D eigenvalue weighted by atomic mass is 10.1. The second kappa shape index (κ2) is 12.5. The zero-order chi connectivity index (χ0) is 14.9. The van der Waals surface area contributed by atoms with Gasteiger partial charge >= 0.3 is 0 Å². The van der Waals surface area contributed by atoms with Gasteiger partial charge < -0.3 is 16.0 Å². The molecule has 1 atom stereocenters. The summed E-state index contributed by atoms with van der Waals surface area (Å²) >= 11 is 0. The van der Waals surface area contributed by atoms with Crippen molar-refractivity contribution in [1.29, 1.82) is 0 Å². The normalized spacial score (nSPS) is 16.4. The third kappa shape index (κ3) is 7.91. The largest absolute Gasteiger partial charge is 0.369 e. The van der Waals surface area contributed by atoms with Gasteiger partial charge in [-0.2, -0.15) is 0 Å². The highest BCUT2D eigenvalue weighted by Gasteiger charge is 2.23. The predicted molar refractivity (Wildman–Crippen MR) is 102 cm³/mol. The number of unbranched alkanes of at least 4 members (excludes halogenated alkanes) is 3. The fraction of sp³-hybridized carbons (Fsp3) is 0.588. The van der Waals surface area contributed by atoms with Crippen LogP contribution in [0.1, 0.15) is 38.5 Å². The number of para-hydroxylation sites is 1. The Morgan fingerprint density at radius 1 is 1.13 bits per heavy atom. The van der Waals surface area contributed by atoms with Crippen molar-refractivity contribution in [3.05, 3.63) is 30.3 Å². The van der Waals surface area contributed by atoms with Crippen LogP contribution in [0.25, 0.3) is 0 Å². The first kappa shape index (κ1) is 22.0. The topological polar surface area (TPSA) is 58.4 Å². The lowest BCUT2D eigenvalue weighted by molar-refractivity contribution is -0.121. The van der Waals surface area contributed by atoms with Crippen molar-refractivity contribution in [2.45, 2.75) is 44.6 Å². The number of amides is 1. The molecule has 1 aliphatic rings. The zero-order valence-electron chi connectivity index (χ0n) is 13.6. The molecule has 0 aromatic heterocycles. The van der Waals surface area contributed by atoms with Crippen molar-refractivity contribution in [2.75, 3.05) is 24.5 Å². The van der Waals surface area contributed by atoms with Gasteiger partial charge in [0.1, 0.15) is 0 Å². The molecule has 1 aliphatic heterocycles. The van der Waals surface area contributed by atoms with E-state index < -0.39 is 0 Å². The molecular weight excluding hydrogens is 333 g/mol. The summed E-state index contributed by atoms with van der Waals surface area (Å²) in [6, 6.07) is 10.7. The van der Waals surface area contributed by atoms with Crippen molar-refractivity contribution in [1.82, 2.24) is 5.32 Å². The fourth-order valence-electron chi connectivity index (χ4n) is 2.83. The molecule has 0 spiro atoms.